The molecule has 0 fully saturated rings. The minimum absolute atomic E-state index is 0. The predicted molar refractivity (Wildman–Crippen MR) is 66.2 cm³/mol. The van der Waals surface area contributed by atoms with Crippen LogP contribution in [0.5, 0.6) is 0 Å². The molecule has 84 valence electrons. The Morgan fingerprint density at radius 3 is 2.80 bits per heavy atom. The van der Waals surface area contributed by atoms with Gasteiger partial charge in [-0.2, -0.15) is 0 Å². The molecule has 0 radical (unpaired) electrons. The monoisotopic (exact) mass is 268 g/mol. The number of aromatic amines is 1. The molecular formula is C8H11Cl3N4. The van der Waals surface area contributed by atoms with Crippen molar-refractivity contribution in [2.45, 2.75) is 6.42 Å². The number of halogens is 3. The van der Waals surface area contributed by atoms with E-state index in [0.717, 1.165) is 17.8 Å². The van der Waals surface area contributed by atoms with Crippen molar-refractivity contribution in [1.29, 1.82) is 0 Å². The number of aromatic nitrogens is 3. The van der Waals surface area contributed by atoms with Crippen LogP contribution < -0.4 is 5.73 Å². The van der Waals surface area contributed by atoms with Crippen LogP contribution in [0.1, 0.15) is 5.82 Å². The average Bonchev–Trinajstić information content (AvgIpc) is 2.46. The summed E-state index contributed by atoms with van der Waals surface area (Å²) in [6.45, 7) is 0.577. The number of nitrogens with one attached hydrogen (secondary N) is 1. The van der Waals surface area contributed by atoms with Gasteiger partial charge >= 0.3 is 0 Å². The summed E-state index contributed by atoms with van der Waals surface area (Å²) >= 11 is 5.77. The summed E-state index contributed by atoms with van der Waals surface area (Å²) in [6.07, 6.45) is 2.31. The Hall–Kier alpha value is -0.550. The number of H-pyrrole nitrogens is 1. The molecule has 0 atom stereocenters. The standard InChI is InChI=1S/C8H9ClN4.2ClH/c9-5-3-6-8(11-4-5)13-7(12-6)1-2-10;;/h3-4H,1-2,10H2,(H,11,12,13);2*1H. The average molecular weight is 270 g/mol. The van der Waals surface area contributed by atoms with Crippen molar-refractivity contribution in [3.05, 3.63) is 23.1 Å². The molecule has 3 N–H and O–H groups in total. The van der Waals surface area contributed by atoms with E-state index in [9.17, 15) is 0 Å². The number of hydrogen-bond donors (Lipinski definition) is 2. The molecule has 0 saturated carbocycles. The molecule has 0 aromatic carbocycles. The largest absolute Gasteiger partial charge is 0.341 e. The summed E-state index contributed by atoms with van der Waals surface area (Å²) in [5.74, 6) is 0.854. The lowest BCUT2D eigenvalue weighted by atomic mass is 10.4. The van der Waals surface area contributed by atoms with E-state index < -0.39 is 0 Å². The summed E-state index contributed by atoms with van der Waals surface area (Å²) in [4.78, 5) is 11.4. The second-order valence-corrected chi connectivity index (χ2v) is 3.18. The van der Waals surface area contributed by atoms with Crippen molar-refractivity contribution < 1.29 is 0 Å². The molecular weight excluding hydrogens is 258 g/mol. The van der Waals surface area contributed by atoms with Gasteiger partial charge in [-0.3, -0.25) is 0 Å². The van der Waals surface area contributed by atoms with Gasteiger partial charge in [0.1, 0.15) is 5.82 Å². The van der Waals surface area contributed by atoms with Crippen LogP contribution in [0.4, 0.5) is 0 Å². The van der Waals surface area contributed by atoms with Crippen LogP contribution >= 0.6 is 36.4 Å². The molecule has 7 heteroatoms. The zero-order valence-corrected chi connectivity index (χ0v) is 10.1. The maximum atomic E-state index is 5.77. The number of fused-ring (bicyclic) bond motifs is 1. The van der Waals surface area contributed by atoms with Gasteiger partial charge in [-0.15, -0.1) is 24.8 Å². The molecule has 0 aliphatic heterocycles. The first-order valence-electron chi connectivity index (χ1n) is 4.00. The highest BCUT2D eigenvalue weighted by atomic mass is 35.5. The number of nitrogens with two attached hydrogens (primary N) is 1. The van der Waals surface area contributed by atoms with Crippen LogP contribution in [0.3, 0.4) is 0 Å². The summed E-state index contributed by atoms with van der Waals surface area (Å²) in [6, 6.07) is 1.80. The molecule has 2 rings (SSSR count). The minimum Gasteiger partial charge on any atom is -0.341 e. The van der Waals surface area contributed by atoms with Crippen LogP contribution in [0, 0.1) is 0 Å². The van der Waals surface area contributed by atoms with Crippen LogP contribution in [0.15, 0.2) is 12.3 Å². The van der Waals surface area contributed by atoms with E-state index in [1.165, 1.54) is 0 Å². The molecule has 0 bridgehead atoms. The van der Waals surface area contributed by atoms with E-state index in [4.69, 9.17) is 17.3 Å². The highest BCUT2D eigenvalue weighted by Gasteiger charge is 2.02. The third kappa shape index (κ3) is 3.21. The van der Waals surface area contributed by atoms with Gasteiger partial charge in [-0.1, -0.05) is 11.6 Å². The Morgan fingerprint density at radius 2 is 2.13 bits per heavy atom. The number of imidazole rings is 1. The third-order valence-corrected chi connectivity index (χ3v) is 1.94. The predicted octanol–water partition coefficient (Wildman–Crippen LogP) is 1.96. The Bertz CT molecular complexity index is 429. The van der Waals surface area contributed by atoms with Gasteiger partial charge in [0, 0.05) is 12.6 Å². The fourth-order valence-electron chi connectivity index (χ4n) is 1.18. The van der Waals surface area contributed by atoms with Crippen molar-refractivity contribution in [3.63, 3.8) is 0 Å². The zero-order valence-electron chi connectivity index (χ0n) is 7.74. The van der Waals surface area contributed by atoms with E-state index in [1.807, 2.05) is 0 Å². The fourth-order valence-corrected chi connectivity index (χ4v) is 1.34. The molecule has 0 aliphatic carbocycles. The first-order chi connectivity index (χ1) is 6.29. The van der Waals surface area contributed by atoms with Crippen molar-refractivity contribution >= 4 is 47.6 Å². The second-order valence-electron chi connectivity index (χ2n) is 2.75. The van der Waals surface area contributed by atoms with Crippen molar-refractivity contribution in [1.82, 2.24) is 15.0 Å². The number of rotatable bonds is 2. The Kier molecular flexibility index (Phi) is 5.90. The molecule has 0 aliphatic rings. The number of hydrogen-bond acceptors (Lipinski definition) is 3. The van der Waals surface area contributed by atoms with Gasteiger partial charge in [-0.25, -0.2) is 9.97 Å². The van der Waals surface area contributed by atoms with E-state index in [-0.39, 0.29) is 24.8 Å². The van der Waals surface area contributed by atoms with E-state index in [0.29, 0.717) is 17.2 Å². The maximum absolute atomic E-state index is 5.77. The summed E-state index contributed by atoms with van der Waals surface area (Å²) in [7, 11) is 0. The second kappa shape index (κ2) is 6.12. The number of pyridine rings is 1. The van der Waals surface area contributed by atoms with Gasteiger partial charge in [0.15, 0.2) is 5.65 Å². The van der Waals surface area contributed by atoms with E-state index >= 15 is 0 Å². The van der Waals surface area contributed by atoms with Crippen molar-refractivity contribution in [2.75, 3.05) is 6.54 Å². The zero-order chi connectivity index (χ0) is 9.26. The molecule has 0 saturated heterocycles. The van der Waals surface area contributed by atoms with Gasteiger partial charge in [0.2, 0.25) is 0 Å². The number of nitrogens with zero attached hydrogens (tertiary/aromatic N) is 2. The molecule has 0 unspecified atom stereocenters. The minimum atomic E-state index is 0. The topological polar surface area (TPSA) is 67.6 Å². The highest BCUT2D eigenvalue weighted by Crippen LogP contribution is 2.14. The fraction of sp³-hybridized carbons (Fsp3) is 0.250. The lowest BCUT2D eigenvalue weighted by Crippen LogP contribution is -2.03. The van der Waals surface area contributed by atoms with E-state index in [2.05, 4.69) is 15.0 Å². The Morgan fingerprint density at radius 1 is 1.40 bits per heavy atom. The van der Waals surface area contributed by atoms with Crippen molar-refractivity contribution in [3.8, 4) is 0 Å². The van der Waals surface area contributed by atoms with Gasteiger partial charge < -0.3 is 10.7 Å². The van der Waals surface area contributed by atoms with Gasteiger partial charge in [-0.05, 0) is 12.6 Å². The molecule has 0 amide bonds. The molecule has 2 aromatic rings. The van der Waals surface area contributed by atoms with Gasteiger partial charge in [0.25, 0.3) is 0 Å². The lowest BCUT2D eigenvalue weighted by molar-refractivity contribution is 0.899. The lowest BCUT2D eigenvalue weighted by Gasteiger charge is -1.87. The third-order valence-electron chi connectivity index (χ3n) is 1.73. The highest BCUT2D eigenvalue weighted by molar-refractivity contribution is 6.30. The van der Waals surface area contributed by atoms with Crippen LogP contribution in [-0.4, -0.2) is 21.5 Å². The Labute approximate surface area is 104 Å². The summed E-state index contributed by atoms with van der Waals surface area (Å²) in [5, 5.41) is 0.607. The molecule has 2 aromatic heterocycles. The van der Waals surface area contributed by atoms with Crippen molar-refractivity contribution in [2.24, 2.45) is 5.73 Å². The maximum Gasteiger partial charge on any atom is 0.177 e. The normalized spacial score (nSPS) is 9.47. The first-order valence-corrected chi connectivity index (χ1v) is 4.37. The molecule has 4 nitrogen and oxygen atoms in total. The van der Waals surface area contributed by atoms with E-state index in [1.54, 1.807) is 12.3 Å². The Balaban J connectivity index is 0.000000980. The van der Waals surface area contributed by atoms with Crippen LogP contribution in [0.25, 0.3) is 11.2 Å². The first kappa shape index (κ1) is 14.5. The summed E-state index contributed by atoms with van der Waals surface area (Å²) < 4.78 is 0. The van der Waals surface area contributed by atoms with Crippen LogP contribution in [-0.2, 0) is 6.42 Å². The quantitative estimate of drug-likeness (QED) is 0.876. The molecule has 2 heterocycles. The smallest absolute Gasteiger partial charge is 0.177 e. The molecule has 15 heavy (non-hydrogen) atoms. The molecule has 0 spiro atoms. The summed E-state index contributed by atoms with van der Waals surface area (Å²) in [5.41, 5.74) is 6.95. The van der Waals surface area contributed by atoms with Crippen LogP contribution in [0.2, 0.25) is 5.02 Å². The SMILES string of the molecule is Cl.Cl.NCCc1nc2ncc(Cl)cc2[nH]1. The van der Waals surface area contributed by atoms with Gasteiger partial charge in [0.05, 0.1) is 10.5 Å².